The van der Waals surface area contributed by atoms with Crippen molar-refractivity contribution in [1.82, 2.24) is 0 Å². The first kappa shape index (κ1) is 25.1. The van der Waals surface area contributed by atoms with Crippen molar-refractivity contribution >= 4 is 94.1 Å². The zero-order valence-corrected chi connectivity index (χ0v) is 12.9. The average molecular weight is 341 g/mol. The van der Waals surface area contributed by atoms with Crippen LogP contribution in [0.4, 0.5) is 9.59 Å². The van der Waals surface area contributed by atoms with Gasteiger partial charge in [0.05, 0.1) is 0 Å². The number of thiol groups is 4. The number of amides is 2. The molecule has 0 atom stereocenters. The van der Waals surface area contributed by atoms with E-state index in [1.165, 1.54) is 0 Å². The molecule has 16 heavy (non-hydrogen) atoms. The highest BCUT2D eigenvalue weighted by atomic mass is 32.1. The molecule has 0 fully saturated rings. The maximum Gasteiger partial charge on any atom is 0.273 e. The third-order valence-electron chi connectivity index (χ3n) is 0. The molecule has 0 heterocycles. The van der Waals surface area contributed by atoms with Crippen LogP contribution >= 0.6 is 75.0 Å². The van der Waals surface area contributed by atoms with Gasteiger partial charge in [-0.25, -0.2) is 0 Å². The van der Waals surface area contributed by atoms with Gasteiger partial charge >= 0.3 is 0 Å². The summed E-state index contributed by atoms with van der Waals surface area (Å²) in [5.41, 5.74) is 18.1. The van der Waals surface area contributed by atoms with Gasteiger partial charge in [0.2, 0.25) is 0 Å². The van der Waals surface area contributed by atoms with Crippen LogP contribution in [0, 0.1) is 0 Å². The van der Waals surface area contributed by atoms with Crippen molar-refractivity contribution in [2.45, 2.75) is 0 Å². The first-order chi connectivity index (χ1) is 6.93. The molecule has 12 heteroatoms. The third kappa shape index (κ3) is 169000. The SMILES string of the molecule is NC(=O)S.NC(=O)S.NC(=S)S.NC(=S)S. The van der Waals surface area contributed by atoms with Crippen molar-refractivity contribution in [3.05, 3.63) is 0 Å². The monoisotopic (exact) mass is 340 g/mol. The van der Waals surface area contributed by atoms with E-state index in [-0.39, 0.29) is 8.64 Å². The minimum Gasteiger partial charge on any atom is -0.385 e. The second-order valence-electron chi connectivity index (χ2n) is 1.35. The van der Waals surface area contributed by atoms with Crippen LogP contribution < -0.4 is 22.9 Å². The standard InChI is InChI=1S/2CH3NOS.2CH3NS2/c4*2-1(3)4/h4*(H3,2,3,4). The van der Waals surface area contributed by atoms with E-state index in [1.54, 1.807) is 0 Å². The predicted octanol–water partition coefficient (Wildman–Crippen LogP) is 0.309. The lowest BCUT2D eigenvalue weighted by atomic mass is 11.5. The maximum absolute atomic E-state index is 9.09. The van der Waals surface area contributed by atoms with Gasteiger partial charge < -0.3 is 22.9 Å². The predicted molar refractivity (Wildman–Crippen MR) is 88.7 cm³/mol. The topological polar surface area (TPSA) is 138 Å². The highest BCUT2D eigenvalue weighted by molar-refractivity contribution is 8.11. The van der Waals surface area contributed by atoms with Crippen molar-refractivity contribution < 1.29 is 9.59 Å². The summed E-state index contributed by atoms with van der Waals surface area (Å²) in [5.74, 6) is 0. The van der Waals surface area contributed by atoms with Gasteiger partial charge in [0.25, 0.3) is 10.5 Å². The molecule has 0 spiro atoms. The molecule has 96 valence electrons. The normalized spacial score (nSPS) is 6.25. The molecule has 0 aromatic carbocycles. The lowest BCUT2D eigenvalue weighted by molar-refractivity contribution is 0.266. The van der Waals surface area contributed by atoms with E-state index in [9.17, 15) is 0 Å². The summed E-state index contributed by atoms with van der Waals surface area (Å²) in [6.07, 6.45) is 0. The molecule has 8 N–H and O–H groups in total. The zero-order valence-electron chi connectivity index (χ0n) is 7.73. The number of carbonyl (C=O) groups is 2. The molecule has 0 aromatic rings. The molecule has 2 amide bonds. The van der Waals surface area contributed by atoms with Crippen molar-refractivity contribution in [2.75, 3.05) is 0 Å². The molecule has 0 bridgehead atoms. The number of rotatable bonds is 0. The Morgan fingerprint density at radius 2 is 0.688 bits per heavy atom. The molecular formula is C4H12N4O2S6. The molecular weight excluding hydrogens is 328 g/mol. The van der Waals surface area contributed by atoms with Gasteiger partial charge in [0.15, 0.2) is 0 Å². The first-order valence-corrected chi connectivity index (χ1v) is 5.47. The fourth-order valence-corrected chi connectivity index (χ4v) is 0. The summed E-state index contributed by atoms with van der Waals surface area (Å²) in [7, 11) is 0. The van der Waals surface area contributed by atoms with E-state index < -0.39 is 10.5 Å². The summed E-state index contributed by atoms with van der Waals surface area (Å²) in [6, 6.07) is 0. The van der Waals surface area contributed by atoms with Gasteiger partial charge in [-0.05, 0) is 0 Å². The second kappa shape index (κ2) is 20.5. The van der Waals surface area contributed by atoms with Crippen LogP contribution in [0.5, 0.6) is 0 Å². The van der Waals surface area contributed by atoms with Gasteiger partial charge in [-0.1, -0.05) is 49.7 Å². The Bertz CT molecular complexity index is 171. The summed E-state index contributed by atoms with van der Waals surface area (Å²) in [5, 5.41) is -1.28. The van der Waals surface area contributed by atoms with Crippen LogP contribution in [-0.2, 0) is 0 Å². The fourth-order valence-electron chi connectivity index (χ4n) is 0. The van der Waals surface area contributed by atoms with Crippen molar-refractivity contribution in [2.24, 2.45) is 22.9 Å². The smallest absolute Gasteiger partial charge is 0.273 e. The van der Waals surface area contributed by atoms with Gasteiger partial charge in [-0.15, -0.1) is 25.3 Å². The minimum atomic E-state index is -0.639. The van der Waals surface area contributed by atoms with E-state index in [4.69, 9.17) is 21.1 Å². The van der Waals surface area contributed by atoms with E-state index in [1.807, 2.05) is 0 Å². The molecule has 0 aliphatic rings. The van der Waals surface area contributed by atoms with Crippen molar-refractivity contribution in [3.63, 3.8) is 0 Å². The van der Waals surface area contributed by atoms with E-state index in [0.29, 0.717) is 0 Å². The summed E-state index contributed by atoms with van der Waals surface area (Å²) in [6.45, 7) is 0. The fraction of sp³-hybridized carbons (Fsp3) is 0. The van der Waals surface area contributed by atoms with Gasteiger partial charge in [0, 0.05) is 0 Å². The van der Waals surface area contributed by atoms with Gasteiger partial charge in [-0.3, -0.25) is 9.59 Å². The lowest BCUT2D eigenvalue weighted by Gasteiger charge is -1.64. The van der Waals surface area contributed by atoms with E-state index in [2.05, 4.69) is 86.4 Å². The Hall–Kier alpha value is 0.120. The van der Waals surface area contributed by atoms with Crippen LogP contribution in [0.25, 0.3) is 0 Å². The van der Waals surface area contributed by atoms with Crippen LogP contribution in [0.3, 0.4) is 0 Å². The average Bonchev–Trinajstić information content (AvgIpc) is 1.76. The summed E-state index contributed by atoms with van der Waals surface area (Å²) >= 11 is 21.5. The van der Waals surface area contributed by atoms with Gasteiger partial charge in [-0.2, -0.15) is 0 Å². The number of carbonyl (C=O) groups excluding carboxylic acids is 2. The Morgan fingerprint density at radius 1 is 0.688 bits per heavy atom. The van der Waals surface area contributed by atoms with Crippen LogP contribution in [0.15, 0.2) is 0 Å². The van der Waals surface area contributed by atoms with E-state index >= 15 is 0 Å². The van der Waals surface area contributed by atoms with E-state index in [0.717, 1.165) is 0 Å². The molecule has 0 radical (unpaired) electrons. The van der Waals surface area contributed by atoms with Crippen LogP contribution in [0.2, 0.25) is 0 Å². The Balaban J connectivity index is -0.0000000600. The number of hydrogen-bond acceptors (Lipinski definition) is 4. The van der Waals surface area contributed by atoms with Crippen molar-refractivity contribution in [1.29, 1.82) is 0 Å². The molecule has 0 unspecified atom stereocenters. The number of hydrogen-bond donors (Lipinski definition) is 8. The minimum absolute atomic E-state index is 0.194. The maximum atomic E-state index is 9.09. The molecule has 0 aromatic heterocycles. The molecule has 0 rings (SSSR count). The van der Waals surface area contributed by atoms with Crippen LogP contribution in [-0.4, -0.2) is 19.1 Å². The number of primary amides is 2. The molecule has 6 nitrogen and oxygen atoms in total. The summed E-state index contributed by atoms with van der Waals surface area (Å²) in [4.78, 5) is 18.2. The quantitative estimate of drug-likeness (QED) is 0.236. The summed E-state index contributed by atoms with van der Waals surface area (Å²) < 4.78 is 0.389. The zero-order chi connectivity index (χ0) is 14.3. The van der Waals surface area contributed by atoms with Gasteiger partial charge in [0.1, 0.15) is 8.64 Å². The molecule has 0 saturated heterocycles. The first-order valence-electron chi connectivity index (χ1n) is 2.87. The highest BCUT2D eigenvalue weighted by Crippen LogP contribution is 1.64. The number of thiocarbonyl (C=S) groups is 2. The lowest BCUT2D eigenvalue weighted by Crippen LogP contribution is -1.95. The molecule has 0 aliphatic carbocycles. The third-order valence-corrected chi connectivity index (χ3v) is 0. The second-order valence-corrected chi connectivity index (χ2v) is 4.68. The molecule has 0 aliphatic heterocycles. The van der Waals surface area contributed by atoms with Crippen molar-refractivity contribution in [3.8, 4) is 0 Å². The number of nitrogens with two attached hydrogens (primary N) is 4. The Labute approximate surface area is 126 Å². The van der Waals surface area contributed by atoms with Crippen LogP contribution in [0.1, 0.15) is 0 Å². The highest BCUT2D eigenvalue weighted by Gasteiger charge is 1.63. The molecule has 0 saturated carbocycles. The Kier molecular flexibility index (Phi) is 32.2. The Morgan fingerprint density at radius 3 is 0.688 bits per heavy atom. The largest absolute Gasteiger partial charge is 0.385 e.